The smallest absolute Gasteiger partial charge is 0.223 e. The molecule has 2 heterocycles. The summed E-state index contributed by atoms with van der Waals surface area (Å²) >= 11 is 6.63. The maximum Gasteiger partial charge on any atom is 0.223 e. The van der Waals surface area contributed by atoms with E-state index in [1.807, 2.05) is 19.9 Å². The van der Waals surface area contributed by atoms with Gasteiger partial charge in [-0.3, -0.25) is 0 Å². The number of hydrogen-bond donors (Lipinski definition) is 0. The Morgan fingerprint density at radius 1 is 1.18 bits per heavy atom. The fraction of sp³-hybridized carbons (Fsp3) is 0.200. The molecule has 0 bridgehead atoms. The van der Waals surface area contributed by atoms with Crippen LogP contribution in [0.5, 0.6) is 0 Å². The molecule has 0 N–H and O–H groups in total. The van der Waals surface area contributed by atoms with Crippen LogP contribution in [0.3, 0.4) is 0 Å². The van der Waals surface area contributed by atoms with Gasteiger partial charge in [0.15, 0.2) is 11.0 Å². The van der Waals surface area contributed by atoms with Crippen LogP contribution < -0.4 is 0 Å². The van der Waals surface area contributed by atoms with Crippen molar-refractivity contribution in [3.05, 3.63) is 34.8 Å². The molecular formula is C10H8ClFN4S. The number of rotatable bonds is 2. The molecular weight excluding hydrogens is 263 g/mol. The van der Waals surface area contributed by atoms with E-state index in [0.29, 0.717) is 5.16 Å². The van der Waals surface area contributed by atoms with Crippen molar-refractivity contribution in [3.63, 3.8) is 0 Å². The van der Waals surface area contributed by atoms with Gasteiger partial charge in [-0.2, -0.15) is 0 Å². The summed E-state index contributed by atoms with van der Waals surface area (Å²) in [5, 5.41) is 0.560. The van der Waals surface area contributed by atoms with Crippen molar-refractivity contribution in [2.75, 3.05) is 0 Å². The standard InChI is InChI=1S/C10H8ClFN4S/c1-5-3-6(2)15-10(14-5)17-8-7(12)4-13-9(11)16-8/h3-4H,1-2H3. The lowest BCUT2D eigenvalue weighted by molar-refractivity contribution is 0.578. The predicted molar refractivity (Wildman–Crippen MR) is 62.6 cm³/mol. The van der Waals surface area contributed by atoms with E-state index in [0.717, 1.165) is 29.3 Å². The molecule has 7 heteroatoms. The summed E-state index contributed by atoms with van der Waals surface area (Å²) in [6.07, 6.45) is 1.03. The van der Waals surface area contributed by atoms with E-state index < -0.39 is 5.82 Å². The molecule has 0 unspecified atom stereocenters. The Morgan fingerprint density at radius 3 is 2.47 bits per heavy atom. The largest absolute Gasteiger partial charge is 0.228 e. The minimum absolute atomic E-state index is 0.00160. The maximum atomic E-state index is 13.4. The Morgan fingerprint density at radius 2 is 1.82 bits per heavy atom. The molecule has 2 rings (SSSR count). The zero-order chi connectivity index (χ0) is 12.4. The zero-order valence-electron chi connectivity index (χ0n) is 9.11. The van der Waals surface area contributed by atoms with Gasteiger partial charge in [0, 0.05) is 11.4 Å². The molecule has 0 aliphatic rings. The minimum Gasteiger partial charge on any atom is -0.228 e. The number of aryl methyl sites for hydroxylation is 2. The van der Waals surface area contributed by atoms with Crippen molar-refractivity contribution in [2.45, 2.75) is 24.0 Å². The van der Waals surface area contributed by atoms with Gasteiger partial charge in [-0.15, -0.1) is 0 Å². The Labute approximate surface area is 107 Å². The van der Waals surface area contributed by atoms with Crippen molar-refractivity contribution in [1.29, 1.82) is 0 Å². The summed E-state index contributed by atoms with van der Waals surface area (Å²) in [4.78, 5) is 15.7. The average Bonchev–Trinajstić information content (AvgIpc) is 2.22. The number of hydrogen-bond acceptors (Lipinski definition) is 5. The molecule has 2 aromatic heterocycles. The van der Waals surface area contributed by atoms with Crippen LogP contribution in [-0.4, -0.2) is 19.9 Å². The molecule has 0 aliphatic heterocycles. The van der Waals surface area contributed by atoms with Crippen LogP contribution in [0.15, 0.2) is 22.4 Å². The van der Waals surface area contributed by atoms with Crippen LogP contribution in [0, 0.1) is 19.7 Å². The van der Waals surface area contributed by atoms with E-state index in [9.17, 15) is 4.39 Å². The highest BCUT2D eigenvalue weighted by atomic mass is 35.5. The number of nitrogens with zero attached hydrogens (tertiary/aromatic N) is 4. The highest BCUT2D eigenvalue weighted by Gasteiger charge is 2.10. The quantitative estimate of drug-likeness (QED) is 0.620. The molecule has 0 radical (unpaired) electrons. The molecule has 0 saturated carbocycles. The monoisotopic (exact) mass is 270 g/mol. The third-order valence-corrected chi connectivity index (χ3v) is 2.86. The topological polar surface area (TPSA) is 51.6 Å². The van der Waals surface area contributed by atoms with Gasteiger partial charge in [-0.25, -0.2) is 24.3 Å². The molecule has 88 valence electrons. The van der Waals surface area contributed by atoms with Crippen molar-refractivity contribution in [1.82, 2.24) is 19.9 Å². The second kappa shape index (κ2) is 4.93. The van der Waals surface area contributed by atoms with E-state index in [1.54, 1.807) is 0 Å². The number of aromatic nitrogens is 4. The second-order valence-corrected chi connectivity index (χ2v) is 4.62. The molecule has 0 aliphatic carbocycles. The van der Waals surface area contributed by atoms with E-state index in [1.165, 1.54) is 0 Å². The van der Waals surface area contributed by atoms with Gasteiger partial charge in [-0.05, 0) is 43.3 Å². The van der Waals surface area contributed by atoms with E-state index >= 15 is 0 Å². The first-order valence-electron chi connectivity index (χ1n) is 4.73. The Kier molecular flexibility index (Phi) is 3.54. The third-order valence-electron chi connectivity index (χ3n) is 1.83. The van der Waals surface area contributed by atoms with E-state index in [4.69, 9.17) is 11.6 Å². The van der Waals surface area contributed by atoms with Crippen LogP contribution in [0.4, 0.5) is 4.39 Å². The lowest BCUT2D eigenvalue weighted by Crippen LogP contribution is -1.95. The molecule has 0 fully saturated rings. The van der Waals surface area contributed by atoms with Crippen LogP contribution in [0.25, 0.3) is 0 Å². The van der Waals surface area contributed by atoms with Gasteiger partial charge in [0.05, 0.1) is 6.20 Å². The van der Waals surface area contributed by atoms with E-state index in [2.05, 4.69) is 19.9 Å². The average molecular weight is 271 g/mol. The van der Waals surface area contributed by atoms with Gasteiger partial charge in [-0.1, -0.05) is 0 Å². The summed E-state index contributed by atoms with van der Waals surface area (Å²) in [7, 11) is 0. The molecule has 17 heavy (non-hydrogen) atoms. The minimum atomic E-state index is -0.540. The SMILES string of the molecule is Cc1cc(C)nc(Sc2nc(Cl)ncc2F)n1. The van der Waals surface area contributed by atoms with Crippen LogP contribution in [0.1, 0.15) is 11.4 Å². The van der Waals surface area contributed by atoms with Crippen molar-refractivity contribution >= 4 is 23.4 Å². The summed E-state index contributed by atoms with van der Waals surface area (Å²) in [5.41, 5.74) is 1.64. The van der Waals surface area contributed by atoms with Gasteiger partial charge in [0.1, 0.15) is 5.03 Å². The predicted octanol–water partition coefficient (Wildman–Crippen LogP) is 2.83. The third kappa shape index (κ3) is 3.10. The normalized spacial score (nSPS) is 10.6. The summed E-state index contributed by atoms with van der Waals surface area (Å²) in [5.74, 6) is -0.540. The van der Waals surface area contributed by atoms with Crippen LogP contribution in [-0.2, 0) is 0 Å². The molecule has 0 saturated heterocycles. The molecule has 2 aromatic rings. The van der Waals surface area contributed by atoms with Crippen molar-refractivity contribution < 1.29 is 4.39 Å². The lowest BCUT2D eigenvalue weighted by Gasteiger charge is -2.03. The Balaban J connectivity index is 2.34. The van der Waals surface area contributed by atoms with Crippen molar-refractivity contribution in [2.24, 2.45) is 0 Å². The Bertz CT molecular complexity index is 544. The molecule has 4 nitrogen and oxygen atoms in total. The lowest BCUT2D eigenvalue weighted by atomic mass is 10.4. The van der Waals surface area contributed by atoms with Gasteiger partial charge in [0.2, 0.25) is 5.28 Å². The van der Waals surface area contributed by atoms with Gasteiger partial charge in [0.25, 0.3) is 0 Å². The highest BCUT2D eigenvalue weighted by Crippen LogP contribution is 2.26. The van der Waals surface area contributed by atoms with E-state index in [-0.39, 0.29) is 10.3 Å². The highest BCUT2D eigenvalue weighted by molar-refractivity contribution is 7.99. The van der Waals surface area contributed by atoms with Gasteiger partial charge >= 0.3 is 0 Å². The summed E-state index contributed by atoms with van der Waals surface area (Å²) < 4.78 is 13.4. The fourth-order valence-corrected chi connectivity index (χ4v) is 2.25. The molecule has 0 amide bonds. The number of halogens is 2. The maximum absolute atomic E-state index is 13.4. The fourth-order valence-electron chi connectivity index (χ4n) is 1.23. The van der Waals surface area contributed by atoms with Gasteiger partial charge < -0.3 is 0 Å². The van der Waals surface area contributed by atoms with Crippen LogP contribution >= 0.6 is 23.4 Å². The first kappa shape index (κ1) is 12.2. The first-order valence-corrected chi connectivity index (χ1v) is 5.92. The zero-order valence-corrected chi connectivity index (χ0v) is 10.7. The molecule has 0 aromatic carbocycles. The molecule has 0 atom stereocenters. The molecule has 0 spiro atoms. The first-order chi connectivity index (χ1) is 8.04. The Hall–Kier alpha value is -1.27. The summed E-state index contributed by atoms with van der Waals surface area (Å²) in [6.45, 7) is 3.70. The summed E-state index contributed by atoms with van der Waals surface area (Å²) in [6, 6.07) is 1.84. The van der Waals surface area contributed by atoms with Crippen molar-refractivity contribution in [3.8, 4) is 0 Å². The van der Waals surface area contributed by atoms with Crippen LogP contribution in [0.2, 0.25) is 5.28 Å². The second-order valence-electron chi connectivity index (χ2n) is 3.33.